The van der Waals surface area contributed by atoms with Crippen LogP contribution >= 0.6 is 11.8 Å². The zero-order valence-electron chi connectivity index (χ0n) is 24.4. The Kier molecular flexibility index (Phi) is 4.42. The van der Waals surface area contributed by atoms with Gasteiger partial charge in [0.05, 0.1) is 23.0 Å². The number of anilines is 1. The lowest BCUT2D eigenvalue weighted by molar-refractivity contribution is -0.738. The number of rotatable bonds is 2. The Bertz CT molecular complexity index is 2460. The van der Waals surface area contributed by atoms with Crippen LogP contribution in [-0.4, -0.2) is 9.94 Å². The number of thioether (sulfide) groups is 1. The average molecular weight is 597 g/mol. The zero-order chi connectivity index (χ0) is 29.4. The van der Waals surface area contributed by atoms with Crippen molar-refractivity contribution in [2.75, 3.05) is 4.90 Å². The van der Waals surface area contributed by atoms with Crippen LogP contribution in [0, 0.1) is 0 Å². The van der Waals surface area contributed by atoms with E-state index in [1.807, 2.05) is 11.8 Å². The second-order valence-corrected chi connectivity index (χ2v) is 13.4. The van der Waals surface area contributed by atoms with Gasteiger partial charge in [-0.3, -0.25) is 0 Å². The molecule has 2 atom stereocenters. The maximum absolute atomic E-state index is 6.83. The molecule has 0 aliphatic carbocycles. The van der Waals surface area contributed by atoms with E-state index in [2.05, 4.69) is 155 Å². The molecule has 0 bridgehead atoms. The van der Waals surface area contributed by atoms with Crippen molar-refractivity contribution < 1.29 is 9.30 Å². The molecule has 45 heavy (non-hydrogen) atoms. The molecule has 0 saturated carbocycles. The van der Waals surface area contributed by atoms with Crippen LogP contribution in [0.15, 0.2) is 139 Å². The van der Waals surface area contributed by atoms with Crippen LogP contribution in [-0.2, 0) is 5.54 Å². The molecular weight excluding hydrogens is 571 g/mol. The molecule has 2 aromatic heterocycles. The molecule has 2 unspecified atom stereocenters. The molecule has 4 nitrogen and oxygen atoms in total. The topological polar surface area (TPSA) is 21.3 Å². The van der Waals surface area contributed by atoms with Crippen molar-refractivity contribution in [3.63, 3.8) is 0 Å². The first-order chi connectivity index (χ1) is 22.2. The van der Waals surface area contributed by atoms with Crippen LogP contribution in [0.5, 0.6) is 11.5 Å². The summed E-state index contributed by atoms with van der Waals surface area (Å²) < 4.78 is 11.8. The van der Waals surface area contributed by atoms with Crippen molar-refractivity contribution >= 4 is 44.2 Å². The summed E-state index contributed by atoms with van der Waals surface area (Å²) in [7, 11) is 0. The molecule has 0 N–H and O–H groups in total. The Morgan fingerprint density at radius 1 is 0.667 bits per heavy atom. The van der Waals surface area contributed by atoms with Crippen molar-refractivity contribution in [3.8, 4) is 28.4 Å². The first kappa shape index (κ1) is 24.1. The summed E-state index contributed by atoms with van der Waals surface area (Å²) in [6.07, 6.45) is 2.29. The Morgan fingerprint density at radius 3 is 2.31 bits per heavy atom. The zero-order valence-corrected chi connectivity index (χ0v) is 25.3. The van der Waals surface area contributed by atoms with Crippen molar-refractivity contribution in [1.29, 1.82) is 0 Å². The van der Waals surface area contributed by atoms with E-state index < -0.39 is 5.54 Å². The number of hydrogen-bond donors (Lipinski definition) is 0. The normalized spacial score (nSPS) is 19.9. The minimum Gasteiger partial charge on any atom is -0.456 e. The van der Waals surface area contributed by atoms with E-state index in [1.165, 1.54) is 71.7 Å². The van der Waals surface area contributed by atoms with Crippen molar-refractivity contribution in [2.45, 2.75) is 17.8 Å². The number of allylic oxidation sites excluding steroid dienone is 1. The van der Waals surface area contributed by atoms with Crippen LogP contribution in [0.4, 0.5) is 5.69 Å². The van der Waals surface area contributed by atoms with Crippen LogP contribution in [0.3, 0.4) is 0 Å². The van der Waals surface area contributed by atoms with Gasteiger partial charge in [-0.15, -0.1) is 0 Å². The predicted molar refractivity (Wildman–Crippen MR) is 182 cm³/mol. The van der Waals surface area contributed by atoms with E-state index in [1.54, 1.807) is 0 Å². The predicted octanol–water partition coefficient (Wildman–Crippen LogP) is 9.23. The summed E-state index contributed by atoms with van der Waals surface area (Å²) in [5.74, 6) is 3.07. The summed E-state index contributed by atoms with van der Waals surface area (Å²) >= 11 is 1.99. The molecule has 0 fully saturated rings. The number of aromatic nitrogens is 2. The van der Waals surface area contributed by atoms with Gasteiger partial charge in [-0.05, 0) is 66.1 Å². The largest absolute Gasteiger partial charge is 0.456 e. The van der Waals surface area contributed by atoms with Crippen LogP contribution < -0.4 is 14.2 Å². The van der Waals surface area contributed by atoms with Crippen molar-refractivity contribution in [3.05, 3.63) is 156 Å². The summed E-state index contributed by atoms with van der Waals surface area (Å²) in [6.45, 7) is 2.29. The highest BCUT2D eigenvalue weighted by Gasteiger charge is 2.67. The van der Waals surface area contributed by atoms with Crippen LogP contribution in [0.25, 0.3) is 43.7 Å². The van der Waals surface area contributed by atoms with Gasteiger partial charge in [-0.1, -0.05) is 90.6 Å². The van der Waals surface area contributed by atoms with Gasteiger partial charge in [-0.2, -0.15) is 4.57 Å². The number of fused-ring (bicyclic) bond motifs is 7. The number of ether oxygens (including phenoxy) is 1. The second kappa shape index (κ2) is 8.26. The summed E-state index contributed by atoms with van der Waals surface area (Å²) in [5, 5.41) is 2.61. The van der Waals surface area contributed by atoms with Gasteiger partial charge >= 0.3 is 0 Å². The van der Waals surface area contributed by atoms with E-state index in [9.17, 15) is 0 Å². The van der Waals surface area contributed by atoms with E-state index >= 15 is 0 Å². The SMILES string of the molecule is CC1=C(c2ccc(-c3ccccc3)cc2)SC2N1c1cccc3c1C21c2c(ccc4c5ccccc5n(c24)-c2cccc[n+]21)O3. The highest BCUT2D eigenvalue weighted by molar-refractivity contribution is 8.09. The molecule has 0 saturated heterocycles. The molecule has 11 rings (SSSR count). The molecule has 7 aromatic rings. The van der Waals surface area contributed by atoms with E-state index in [0.29, 0.717) is 0 Å². The van der Waals surface area contributed by atoms with Crippen molar-refractivity contribution in [2.24, 2.45) is 0 Å². The first-order valence-corrected chi connectivity index (χ1v) is 16.4. The number of para-hydroxylation sites is 1. The van der Waals surface area contributed by atoms with Gasteiger partial charge in [0.1, 0.15) is 22.4 Å². The number of hydrogen-bond acceptors (Lipinski definition) is 3. The molecule has 0 radical (unpaired) electrons. The minimum absolute atomic E-state index is 0.0728. The van der Waals surface area contributed by atoms with Crippen molar-refractivity contribution in [1.82, 2.24) is 4.57 Å². The van der Waals surface area contributed by atoms with Gasteiger partial charge < -0.3 is 9.64 Å². The van der Waals surface area contributed by atoms with E-state index in [4.69, 9.17) is 4.74 Å². The summed E-state index contributed by atoms with van der Waals surface area (Å²) in [5.41, 5.74) is 10.7. The molecule has 0 amide bonds. The van der Waals surface area contributed by atoms with Gasteiger partial charge in [0.2, 0.25) is 5.54 Å². The number of nitrogens with zero attached hydrogens (tertiary/aromatic N) is 3. The molecule has 5 aromatic carbocycles. The monoisotopic (exact) mass is 596 g/mol. The lowest BCUT2D eigenvalue weighted by Gasteiger charge is -2.40. The maximum atomic E-state index is 6.83. The van der Waals surface area contributed by atoms with Gasteiger partial charge in [0.15, 0.2) is 5.52 Å². The fraction of sp³-hybridized carbons (Fsp3) is 0.0750. The third kappa shape index (κ3) is 2.76. The highest BCUT2D eigenvalue weighted by atomic mass is 32.2. The third-order valence-electron chi connectivity index (χ3n) is 10.3. The third-order valence-corrected chi connectivity index (χ3v) is 11.8. The standard InChI is InChI=1S/C40H26N3OS/c1-24-38(27-19-17-26(18-20-27)25-10-3-2-4-11-25)45-39-40-35-31(42(24)39)14-9-15-32(35)44-33-22-21-29-28-12-5-6-13-30(28)43(37(29)36(33)40)34-16-7-8-23-41(34)40/h2-23,39H,1H3/q+1. The Morgan fingerprint density at radius 2 is 1.42 bits per heavy atom. The van der Waals surface area contributed by atoms with E-state index in [0.717, 1.165) is 11.5 Å². The molecule has 5 heteroatoms. The molecule has 4 aliphatic rings. The lowest BCUT2D eigenvalue weighted by atomic mass is 9.78. The molecular formula is C40H26N3OS+. The fourth-order valence-corrected chi connectivity index (χ4v) is 10.2. The molecule has 4 aliphatic heterocycles. The Labute approximate surface area is 264 Å². The number of benzene rings is 5. The van der Waals surface area contributed by atoms with Gasteiger partial charge in [-0.25, -0.2) is 4.57 Å². The van der Waals surface area contributed by atoms with Gasteiger partial charge in [0, 0.05) is 27.4 Å². The maximum Gasteiger partial charge on any atom is 0.288 e. The van der Waals surface area contributed by atoms with Crippen LogP contribution in [0.2, 0.25) is 0 Å². The van der Waals surface area contributed by atoms with Crippen LogP contribution in [0.1, 0.15) is 23.6 Å². The molecule has 212 valence electrons. The molecule has 6 heterocycles. The Hall–Kier alpha value is -5.26. The minimum atomic E-state index is -0.488. The Balaban J connectivity index is 1.20. The summed E-state index contributed by atoms with van der Waals surface area (Å²) in [6, 6.07) is 46.2. The summed E-state index contributed by atoms with van der Waals surface area (Å²) in [4.78, 5) is 3.91. The first-order valence-electron chi connectivity index (χ1n) is 15.5. The quantitative estimate of drug-likeness (QED) is 0.186. The smallest absolute Gasteiger partial charge is 0.288 e. The fourth-order valence-electron chi connectivity index (χ4n) is 8.52. The lowest BCUT2D eigenvalue weighted by Crippen LogP contribution is -2.66. The van der Waals surface area contributed by atoms with Gasteiger partial charge in [0.25, 0.3) is 5.82 Å². The van der Waals surface area contributed by atoms with E-state index in [-0.39, 0.29) is 5.37 Å². The second-order valence-electron chi connectivity index (χ2n) is 12.3. The highest BCUT2D eigenvalue weighted by Crippen LogP contribution is 2.67. The molecule has 1 spiro atoms. The average Bonchev–Trinajstić information content (AvgIpc) is 3.72. The number of pyridine rings is 1.